The summed E-state index contributed by atoms with van der Waals surface area (Å²) in [5.41, 5.74) is -1.45. The van der Waals surface area contributed by atoms with Gasteiger partial charge in [0.1, 0.15) is 5.75 Å². The summed E-state index contributed by atoms with van der Waals surface area (Å²) in [5.74, 6) is -2.54. The SMILES string of the molecule is [2H]O[C@]([2H])(C([2H])([2H])N(CC(C)C)S(=O)(=O)c1ccc(OC(F)F)cc1)[C@@]([2H])(N(C(=O)O)C1CO[C@@H]2OC=C[C@@H]12)C([2H])([2H])c1c([2H])c([2H])c([2H])c([2H])c1[2H]. The summed E-state index contributed by atoms with van der Waals surface area (Å²) in [4.78, 5) is 12.4. The van der Waals surface area contributed by atoms with E-state index in [9.17, 15) is 35.3 Å². The van der Waals surface area contributed by atoms with Crippen LogP contribution in [0.2, 0.25) is 0 Å². The summed E-state index contributed by atoms with van der Waals surface area (Å²) in [6.07, 6.45) is -9.73. The summed E-state index contributed by atoms with van der Waals surface area (Å²) < 4.78 is 174. The molecule has 1 saturated heterocycles. The van der Waals surface area contributed by atoms with E-state index in [-0.39, 0.29) is 9.21 Å². The monoisotopic (exact) mass is 608 g/mol. The average molecular weight is 609 g/mol. The van der Waals surface area contributed by atoms with Crippen LogP contribution in [0.3, 0.4) is 0 Å². The molecule has 2 aromatic rings. The minimum Gasteiger partial charge on any atom is -0.472 e. The number of halogens is 2. The van der Waals surface area contributed by atoms with Crippen molar-refractivity contribution in [1.82, 2.24) is 9.21 Å². The van der Waals surface area contributed by atoms with E-state index in [4.69, 9.17) is 17.8 Å². The molecule has 224 valence electrons. The van der Waals surface area contributed by atoms with Crippen molar-refractivity contribution in [1.29, 1.82) is 1.43 Å². The summed E-state index contributed by atoms with van der Waals surface area (Å²) in [5, 5.41) is 15.3. The van der Waals surface area contributed by atoms with Crippen LogP contribution in [0.15, 0.2) is 71.7 Å². The standard InChI is InChI=1S/C28H34F2N2O8S/c1-18(2)15-31(41(36,37)21-10-8-20(9-11-21)40-27(29)30)16-25(33)23(14-19-6-4-3-5-7-19)32(28(34)35)24-17-39-26-22(24)12-13-38-26/h3-13,18,22-27,33H,14-17H2,1-2H3,(H,34,35)/t22-,23-,24?,25+,26-/m0/s1/i3D,4D,5D,6D,7D,14D2,16D2,23D,25D,33D. The predicted molar refractivity (Wildman–Crippen MR) is 144 cm³/mol. The fourth-order valence-corrected chi connectivity index (χ4v) is 5.52. The zero-order chi connectivity index (χ0) is 40.2. The Morgan fingerprint density at radius 3 is 2.59 bits per heavy atom. The van der Waals surface area contributed by atoms with E-state index in [1.807, 2.05) is 0 Å². The number of nitrogens with zero attached hydrogens (tertiary/aromatic N) is 2. The number of hydrogen-bond acceptors (Lipinski definition) is 7. The van der Waals surface area contributed by atoms with Crippen molar-refractivity contribution in [2.45, 2.75) is 56.2 Å². The Kier molecular flexibility index (Phi) is 5.87. The summed E-state index contributed by atoms with van der Waals surface area (Å²) in [6.45, 7) is -6.33. The Bertz CT molecular complexity index is 1830. The zero-order valence-electron chi connectivity index (χ0n) is 33.6. The molecule has 4 rings (SSSR count). The smallest absolute Gasteiger partial charge is 0.408 e. The van der Waals surface area contributed by atoms with Crippen molar-refractivity contribution in [2.75, 3.05) is 19.6 Å². The van der Waals surface area contributed by atoms with Crippen LogP contribution in [0, 0.1) is 11.8 Å². The minimum absolute atomic E-state index is 0.0942. The molecule has 0 bridgehead atoms. The Morgan fingerprint density at radius 1 is 1.27 bits per heavy atom. The number of carboxylic acid groups (broad SMARTS) is 1. The van der Waals surface area contributed by atoms with E-state index in [1.165, 1.54) is 19.9 Å². The van der Waals surface area contributed by atoms with Gasteiger partial charge in [0, 0.05) is 18.5 Å². The first kappa shape index (κ1) is 18.3. The van der Waals surface area contributed by atoms with Gasteiger partial charge in [0.15, 0.2) is 0 Å². The second kappa shape index (κ2) is 13.1. The molecule has 0 spiro atoms. The van der Waals surface area contributed by atoms with E-state index in [1.54, 1.807) is 0 Å². The van der Waals surface area contributed by atoms with Gasteiger partial charge in [-0.15, -0.1) is 0 Å². The van der Waals surface area contributed by atoms with E-state index in [2.05, 4.69) is 9.85 Å². The Morgan fingerprint density at radius 2 is 1.98 bits per heavy atom. The van der Waals surface area contributed by atoms with Crippen LogP contribution in [0.1, 0.15) is 34.5 Å². The summed E-state index contributed by atoms with van der Waals surface area (Å²) in [6, 6.07) is -9.09. The molecule has 1 unspecified atom stereocenters. The van der Waals surface area contributed by atoms with Crippen LogP contribution in [-0.4, -0.2) is 86.1 Å². The van der Waals surface area contributed by atoms with E-state index in [0.29, 0.717) is 0 Å². The van der Waals surface area contributed by atoms with E-state index >= 15 is 0 Å². The zero-order valence-corrected chi connectivity index (χ0v) is 22.4. The molecule has 2 heterocycles. The molecule has 13 heteroatoms. The van der Waals surface area contributed by atoms with Crippen molar-refractivity contribution >= 4 is 16.1 Å². The van der Waals surface area contributed by atoms with Crippen LogP contribution in [0.5, 0.6) is 5.75 Å². The molecule has 0 radical (unpaired) electrons. The fourth-order valence-electron chi connectivity index (χ4n) is 4.09. The Balaban J connectivity index is 2.10. The average Bonchev–Trinajstić information content (AvgIpc) is 3.69. The van der Waals surface area contributed by atoms with Crippen molar-refractivity contribution < 1.29 is 61.5 Å². The molecule has 0 aromatic heterocycles. The highest BCUT2D eigenvalue weighted by atomic mass is 32.2. The summed E-state index contributed by atoms with van der Waals surface area (Å²) in [7, 11) is -5.33. The number of hydrogen-bond donors (Lipinski definition) is 2. The van der Waals surface area contributed by atoms with Gasteiger partial charge < -0.3 is 24.4 Å². The molecule has 2 aliphatic heterocycles. The largest absolute Gasteiger partial charge is 0.472 e. The molecular weight excluding hydrogens is 562 g/mol. The topological polar surface area (TPSA) is 126 Å². The highest BCUT2D eigenvalue weighted by molar-refractivity contribution is 7.89. The molecule has 10 nitrogen and oxygen atoms in total. The van der Waals surface area contributed by atoms with Gasteiger partial charge in [-0.2, -0.15) is 13.1 Å². The third-order valence-electron chi connectivity index (χ3n) is 5.83. The lowest BCUT2D eigenvalue weighted by Gasteiger charge is -2.39. The number of ether oxygens (including phenoxy) is 3. The number of aliphatic hydroxyl groups is 1. The number of sulfonamides is 1. The molecule has 2 aromatic carbocycles. The van der Waals surface area contributed by atoms with Crippen molar-refractivity contribution in [2.24, 2.45) is 11.8 Å². The first-order valence-electron chi connectivity index (χ1n) is 18.0. The first-order valence-corrected chi connectivity index (χ1v) is 13.5. The van der Waals surface area contributed by atoms with Gasteiger partial charge in [-0.25, -0.2) is 13.2 Å². The van der Waals surface area contributed by atoms with Gasteiger partial charge in [0.2, 0.25) is 17.7 Å². The number of rotatable bonds is 14. The minimum atomic E-state index is -5.33. The maximum absolute atomic E-state index is 14.2. The van der Waals surface area contributed by atoms with Crippen LogP contribution >= 0.6 is 0 Å². The van der Waals surface area contributed by atoms with Crippen LogP contribution in [0.25, 0.3) is 0 Å². The number of benzene rings is 2. The lowest BCUT2D eigenvalue weighted by Crippen LogP contribution is -2.57. The lowest BCUT2D eigenvalue weighted by molar-refractivity contribution is -0.0690. The van der Waals surface area contributed by atoms with Crippen molar-refractivity contribution in [3.63, 3.8) is 0 Å². The van der Waals surface area contributed by atoms with Gasteiger partial charge in [0.25, 0.3) is 0 Å². The van der Waals surface area contributed by atoms with Gasteiger partial charge in [0.05, 0.1) is 51.4 Å². The normalized spacial score (nSPS) is 28.0. The van der Waals surface area contributed by atoms with Gasteiger partial charge >= 0.3 is 12.7 Å². The third kappa shape index (κ3) is 7.34. The molecule has 5 atom stereocenters. The number of carbonyl (C=O) groups is 1. The Hall–Kier alpha value is -3.26. The van der Waals surface area contributed by atoms with E-state index < -0.39 is 131 Å². The number of alkyl halides is 2. The molecule has 41 heavy (non-hydrogen) atoms. The second-order valence-corrected chi connectivity index (χ2v) is 11.0. The van der Waals surface area contributed by atoms with Crippen molar-refractivity contribution in [3.8, 4) is 5.75 Å². The van der Waals surface area contributed by atoms with Crippen LogP contribution in [-0.2, 0) is 25.9 Å². The van der Waals surface area contributed by atoms with Crippen LogP contribution in [0.4, 0.5) is 13.6 Å². The predicted octanol–water partition coefficient (Wildman–Crippen LogP) is 3.77. The molecular formula is C28H34F2N2O8S. The quantitative estimate of drug-likeness (QED) is 0.332. The number of fused-ring (bicyclic) bond motifs is 1. The highest BCUT2D eigenvalue weighted by Gasteiger charge is 2.48. The molecule has 2 N–H and O–H groups in total. The maximum Gasteiger partial charge on any atom is 0.408 e. The number of amides is 1. The van der Waals surface area contributed by atoms with Gasteiger partial charge in [-0.3, -0.25) is 4.90 Å². The first-order chi connectivity index (χ1) is 24.3. The maximum atomic E-state index is 14.2. The van der Waals surface area contributed by atoms with Gasteiger partial charge in [-0.05, 0) is 48.2 Å². The third-order valence-corrected chi connectivity index (χ3v) is 7.52. The molecule has 2 aliphatic rings. The molecule has 1 amide bonds. The van der Waals surface area contributed by atoms with Crippen LogP contribution < -0.4 is 4.74 Å². The van der Waals surface area contributed by atoms with E-state index in [0.717, 1.165) is 30.5 Å². The Labute approximate surface area is 254 Å². The van der Waals surface area contributed by atoms with Crippen molar-refractivity contribution in [3.05, 3.63) is 72.4 Å². The molecule has 1 fully saturated rings. The lowest BCUT2D eigenvalue weighted by atomic mass is 9.94. The second-order valence-electron chi connectivity index (χ2n) is 9.16. The summed E-state index contributed by atoms with van der Waals surface area (Å²) >= 11 is 0. The molecule has 0 saturated carbocycles. The molecule has 0 aliphatic carbocycles. The highest BCUT2D eigenvalue weighted by Crippen LogP contribution is 2.34. The van der Waals surface area contributed by atoms with Gasteiger partial charge in [-0.1, -0.05) is 44.1 Å². The fraction of sp³-hybridized carbons (Fsp3) is 0.464.